The Morgan fingerprint density at radius 2 is 1.57 bits per heavy atom. The number of nitrogens with zero attached hydrogens (tertiary/aromatic N) is 3. The summed E-state index contributed by atoms with van der Waals surface area (Å²) in [6.45, 7) is 1.36. The van der Waals surface area contributed by atoms with Gasteiger partial charge in [-0.05, 0) is 54.8 Å². The van der Waals surface area contributed by atoms with Gasteiger partial charge in [-0.25, -0.2) is 4.98 Å². The van der Waals surface area contributed by atoms with Gasteiger partial charge in [-0.3, -0.25) is 19.3 Å². The van der Waals surface area contributed by atoms with Crippen LogP contribution in [0.25, 0.3) is 11.1 Å². The zero-order chi connectivity index (χ0) is 23.9. The summed E-state index contributed by atoms with van der Waals surface area (Å²) in [5, 5.41) is 0. The van der Waals surface area contributed by atoms with E-state index in [-0.39, 0.29) is 30.2 Å². The average Bonchev–Trinajstić information content (AvgIpc) is 3.44. The number of aromatic nitrogens is 1. The maximum Gasteiger partial charge on any atom is 0.261 e. The molecule has 7 nitrogen and oxygen atoms in total. The molecule has 4 aromatic rings. The van der Waals surface area contributed by atoms with E-state index in [1.54, 1.807) is 42.5 Å². The lowest BCUT2D eigenvalue weighted by molar-refractivity contribution is 0.0642. The zero-order valence-corrected chi connectivity index (χ0v) is 19.0. The third-order valence-corrected chi connectivity index (χ3v) is 6.83. The number of benzene rings is 3. The highest BCUT2D eigenvalue weighted by atomic mass is 16.3. The smallest absolute Gasteiger partial charge is 0.261 e. The first-order valence-corrected chi connectivity index (χ1v) is 11.8. The first-order chi connectivity index (χ1) is 17.1. The number of rotatable bonds is 4. The van der Waals surface area contributed by atoms with Crippen LogP contribution in [0.2, 0.25) is 0 Å². The van der Waals surface area contributed by atoms with Crippen LogP contribution in [-0.2, 0) is 6.54 Å². The summed E-state index contributed by atoms with van der Waals surface area (Å²) in [5.74, 6) is 0.269. The van der Waals surface area contributed by atoms with Crippen molar-refractivity contribution in [3.8, 4) is 0 Å². The van der Waals surface area contributed by atoms with E-state index in [2.05, 4.69) is 4.98 Å². The molecule has 1 fully saturated rings. The highest BCUT2D eigenvalue weighted by molar-refractivity contribution is 6.21. The van der Waals surface area contributed by atoms with Crippen LogP contribution < -0.4 is 0 Å². The summed E-state index contributed by atoms with van der Waals surface area (Å²) in [5.41, 5.74) is 3.79. The molecule has 0 saturated carbocycles. The van der Waals surface area contributed by atoms with Gasteiger partial charge in [-0.15, -0.1) is 0 Å². The monoisotopic (exact) mass is 465 g/mol. The fourth-order valence-electron chi connectivity index (χ4n) is 4.94. The Balaban J connectivity index is 1.13. The molecule has 2 aliphatic heterocycles. The van der Waals surface area contributed by atoms with Crippen molar-refractivity contribution < 1.29 is 18.8 Å². The van der Waals surface area contributed by atoms with Gasteiger partial charge in [0.1, 0.15) is 5.52 Å². The lowest BCUT2D eigenvalue weighted by Gasteiger charge is -2.30. The van der Waals surface area contributed by atoms with Crippen LogP contribution in [0.4, 0.5) is 0 Å². The van der Waals surface area contributed by atoms with Crippen LogP contribution in [-0.4, -0.2) is 45.6 Å². The largest absolute Gasteiger partial charge is 0.440 e. The molecule has 1 aromatic heterocycles. The van der Waals surface area contributed by atoms with Crippen molar-refractivity contribution in [2.45, 2.75) is 25.3 Å². The van der Waals surface area contributed by atoms with E-state index in [4.69, 9.17) is 4.42 Å². The molecule has 0 atom stereocenters. The molecule has 0 N–H and O–H groups in total. The molecule has 0 spiro atoms. The van der Waals surface area contributed by atoms with Crippen molar-refractivity contribution in [3.05, 3.63) is 101 Å². The molecule has 3 aromatic carbocycles. The molecular weight excluding hydrogens is 442 g/mol. The minimum Gasteiger partial charge on any atom is -0.440 e. The van der Waals surface area contributed by atoms with Gasteiger partial charge in [0.05, 0.1) is 17.7 Å². The lowest BCUT2D eigenvalue weighted by Crippen LogP contribution is -2.38. The summed E-state index contributed by atoms with van der Waals surface area (Å²) in [7, 11) is 0. The van der Waals surface area contributed by atoms with Crippen LogP contribution in [0.5, 0.6) is 0 Å². The summed E-state index contributed by atoms with van der Waals surface area (Å²) in [4.78, 5) is 46.3. The van der Waals surface area contributed by atoms with Crippen molar-refractivity contribution in [3.63, 3.8) is 0 Å². The number of para-hydroxylation sites is 2. The normalized spacial score (nSPS) is 16.2. The van der Waals surface area contributed by atoms with Crippen molar-refractivity contribution in [2.75, 3.05) is 13.1 Å². The number of carbonyl (C=O) groups excluding carboxylic acids is 3. The molecular formula is C28H23N3O4. The number of hydrogen-bond acceptors (Lipinski definition) is 5. The first-order valence-electron chi connectivity index (χ1n) is 11.8. The molecule has 35 heavy (non-hydrogen) atoms. The lowest BCUT2D eigenvalue weighted by atomic mass is 9.96. The molecule has 0 aliphatic carbocycles. The predicted octanol–water partition coefficient (Wildman–Crippen LogP) is 4.64. The second-order valence-electron chi connectivity index (χ2n) is 9.03. The fourth-order valence-corrected chi connectivity index (χ4v) is 4.94. The highest BCUT2D eigenvalue weighted by Crippen LogP contribution is 2.31. The van der Waals surface area contributed by atoms with Gasteiger partial charge in [0.15, 0.2) is 11.5 Å². The number of likely N-dealkylation sites (tertiary alicyclic amines) is 1. The number of imide groups is 1. The van der Waals surface area contributed by atoms with Gasteiger partial charge >= 0.3 is 0 Å². The van der Waals surface area contributed by atoms with E-state index in [0.29, 0.717) is 29.8 Å². The van der Waals surface area contributed by atoms with Crippen molar-refractivity contribution in [1.29, 1.82) is 0 Å². The fraction of sp³-hybridized carbons (Fsp3) is 0.214. The minimum absolute atomic E-state index is 0.0507. The number of fused-ring (bicyclic) bond motifs is 2. The molecule has 7 heteroatoms. The third-order valence-electron chi connectivity index (χ3n) is 6.83. The summed E-state index contributed by atoms with van der Waals surface area (Å²) < 4.78 is 5.93. The molecule has 0 unspecified atom stereocenters. The molecule has 1 saturated heterocycles. The average molecular weight is 466 g/mol. The molecule has 174 valence electrons. The van der Waals surface area contributed by atoms with Crippen molar-refractivity contribution in [1.82, 2.24) is 14.8 Å². The maximum atomic E-state index is 13.2. The Kier molecular flexibility index (Phi) is 5.17. The van der Waals surface area contributed by atoms with Crippen LogP contribution in [0, 0.1) is 0 Å². The van der Waals surface area contributed by atoms with E-state index in [1.165, 1.54) is 4.90 Å². The van der Waals surface area contributed by atoms with Crippen LogP contribution in [0.15, 0.2) is 77.2 Å². The molecule has 6 rings (SSSR count). The summed E-state index contributed by atoms with van der Waals surface area (Å²) in [6.07, 6.45) is 1.57. The van der Waals surface area contributed by atoms with Crippen LogP contribution in [0.3, 0.4) is 0 Å². The predicted molar refractivity (Wildman–Crippen MR) is 129 cm³/mol. The van der Waals surface area contributed by atoms with Gasteiger partial charge in [0, 0.05) is 24.6 Å². The molecule has 2 aliphatic rings. The van der Waals surface area contributed by atoms with Gasteiger partial charge in [0.2, 0.25) is 0 Å². The topological polar surface area (TPSA) is 83.7 Å². The van der Waals surface area contributed by atoms with Gasteiger partial charge < -0.3 is 9.32 Å². The van der Waals surface area contributed by atoms with Crippen molar-refractivity contribution >= 4 is 28.8 Å². The number of oxazole rings is 1. The Bertz CT molecular complexity index is 1400. The number of hydrogen-bond donors (Lipinski definition) is 0. The van der Waals surface area contributed by atoms with Gasteiger partial charge in [-0.2, -0.15) is 0 Å². The van der Waals surface area contributed by atoms with E-state index >= 15 is 0 Å². The van der Waals surface area contributed by atoms with E-state index in [1.807, 2.05) is 35.2 Å². The highest BCUT2D eigenvalue weighted by Gasteiger charge is 2.35. The molecule has 0 bridgehead atoms. The molecule has 0 radical (unpaired) electrons. The van der Waals surface area contributed by atoms with Crippen LogP contribution >= 0.6 is 0 Å². The van der Waals surface area contributed by atoms with E-state index < -0.39 is 0 Å². The Hall–Kier alpha value is -4.26. The molecule has 3 heterocycles. The SMILES string of the molecule is O=C(c1cccc(CN2C(=O)c3ccccc3C2=O)c1)N1CCC(c2nc3ccccc3o2)CC1. The van der Waals surface area contributed by atoms with Crippen molar-refractivity contribution in [2.24, 2.45) is 0 Å². The van der Waals surface area contributed by atoms with Crippen LogP contribution in [0.1, 0.15) is 61.3 Å². The Morgan fingerprint density at radius 3 is 2.29 bits per heavy atom. The summed E-state index contributed by atoms with van der Waals surface area (Å²) >= 11 is 0. The number of piperidine rings is 1. The first kappa shape index (κ1) is 21.3. The zero-order valence-electron chi connectivity index (χ0n) is 19.0. The number of amides is 3. The Labute approximate surface area is 202 Å². The third kappa shape index (κ3) is 3.79. The number of carbonyl (C=O) groups is 3. The quantitative estimate of drug-likeness (QED) is 0.410. The molecule has 3 amide bonds. The second kappa shape index (κ2) is 8.51. The maximum absolute atomic E-state index is 13.2. The Morgan fingerprint density at radius 1 is 0.886 bits per heavy atom. The van der Waals surface area contributed by atoms with Gasteiger partial charge in [-0.1, -0.05) is 36.4 Å². The van der Waals surface area contributed by atoms with E-state index in [9.17, 15) is 14.4 Å². The van der Waals surface area contributed by atoms with E-state index in [0.717, 1.165) is 35.4 Å². The second-order valence-corrected chi connectivity index (χ2v) is 9.03. The standard InChI is InChI=1S/C28H23N3O4/c32-26(30-14-12-19(13-15-30)25-29-23-10-3-4-11-24(23)35-25)20-7-5-6-18(16-20)17-31-27(33)21-8-1-2-9-22(21)28(31)34/h1-11,16,19H,12-15,17H2. The summed E-state index contributed by atoms with van der Waals surface area (Å²) in [6, 6.07) is 21.8. The van der Waals surface area contributed by atoms with Gasteiger partial charge in [0.25, 0.3) is 17.7 Å². The minimum atomic E-state index is -0.302.